The standard InChI is InChI=1S/C8H16N2O2S2/c1-7(2)9-8(13)10-3-5-14(11,12)6-4-10/h7H,3-6H2,1-2H3,(H,9,13). The van der Waals surface area contributed by atoms with E-state index in [1.54, 1.807) is 0 Å². The zero-order chi connectivity index (χ0) is 10.8. The maximum absolute atomic E-state index is 11.2. The lowest BCUT2D eigenvalue weighted by Gasteiger charge is -2.30. The van der Waals surface area contributed by atoms with Gasteiger partial charge < -0.3 is 10.2 Å². The van der Waals surface area contributed by atoms with Crippen LogP contribution in [0.15, 0.2) is 0 Å². The molecule has 0 spiro atoms. The largest absolute Gasteiger partial charge is 0.360 e. The van der Waals surface area contributed by atoms with Crippen LogP contribution < -0.4 is 5.32 Å². The van der Waals surface area contributed by atoms with E-state index in [4.69, 9.17) is 12.2 Å². The molecule has 1 fully saturated rings. The van der Waals surface area contributed by atoms with Crippen LogP contribution in [0.25, 0.3) is 0 Å². The third kappa shape index (κ3) is 3.42. The number of hydrogen-bond acceptors (Lipinski definition) is 3. The quantitative estimate of drug-likeness (QED) is 0.650. The Kier molecular flexibility index (Phi) is 3.71. The van der Waals surface area contributed by atoms with Gasteiger partial charge in [-0.05, 0) is 26.1 Å². The number of sulfone groups is 1. The molecule has 0 saturated carbocycles. The molecule has 4 nitrogen and oxygen atoms in total. The predicted molar refractivity (Wildman–Crippen MR) is 61.1 cm³/mol. The molecule has 0 atom stereocenters. The van der Waals surface area contributed by atoms with E-state index in [-0.39, 0.29) is 11.5 Å². The highest BCUT2D eigenvalue weighted by Crippen LogP contribution is 2.04. The summed E-state index contributed by atoms with van der Waals surface area (Å²) in [5, 5.41) is 3.76. The molecule has 0 radical (unpaired) electrons. The highest BCUT2D eigenvalue weighted by atomic mass is 32.2. The highest BCUT2D eigenvalue weighted by molar-refractivity contribution is 7.91. The Morgan fingerprint density at radius 2 is 1.86 bits per heavy atom. The lowest BCUT2D eigenvalue weighted by molar-refractivity contribution is 0.430. The monoisotopic (exact) mass is 236 g/mol. The molecular weight excluding hydrogens is 220 g/mol. The maximum Gasteiger partial charge on any atom is 0.169 e. The molecule has 1 heterocycles. The van der Waals surface area contributed by atoms with Crippen molar-refractivity contribution in [1.29, 1.82) is 0 Å². The second-order valence-corrected chi connectivity index (χ2v) is 6.43. The fourth-order valence-corrected chi connectivity index (χ4v) is 2.87. The summed E-state index contributed by atoms with van der Waals surface area (Å²) in [6.45, 7) is 5.04. The fourth-order valence-electron chi connectivity index (χ4n) is 1.25. The van der Waals surface area contributed by atoms with Crippen molar-refractivity contribution in [2.45, 2.75) is 19.9 Å². The van der Waals surface area contributed by atoms with E-state index in [0.29, 0.717) is 24.2 Å². The molecule has 0 unspecified atom stereocenters. The molecule has 1 aliphatic heterocycles. The van der Waals surface area contributed by atoms with Crippen molar-refractivity contribution in [3.63, 3.8) is 0 Å². The maximum atomic E-state index is 11.2. The molecule has 1 rings (SSSR count). The third-order valence-electron chi connectivity index (χ3n) is 2.04. The van der Waals surface area contributed by atoms with E-state index in [1.165, 1.54) is 0 Å². The topological polar surface area (TPSA) is 49.4 Å². The molecule has 82 valence electrons. The Bertz CT molecular complexity index is 297. The molecule has 1 N–H and O–H groups in total. The third-order valence-corrected chi connectivity index (χ3v) is 4.03. The Balaban J connectivity index is 2.46. The Morgan fingerprint density at radius 3 is 2.29 bits per heavy atom. The van der Waals surface area contributed by atoms with E-state index in [2.05, 4.69) is 5.32 Å². The molecule has 0 aliphatic carbocycles. The molecule has 0 bridgehead atoms. The Hall–Kier alpha value is -0.360. The summed E-state index contributed by atoms with van der Waals surface area (Å²) in [4.78, 5) is 1.91. The first-order valence-electron chi connectivity index (χ1n) is 4.66. The molecule has 0 aromatic rings. The van der Waals surface area contributed by atoms with E-state index < -0.39 is 9.84 Å². The number of nitrogens with one attached hydrogen (secondary N) is 1. The van der Waals surface area contributed by atoms with Crippen LogP contribution in [0.5, 0.6) is 0 Å². The van der Waals surface area contributed by atoms with Gasteiger partial charge in [0.2, 0.25) is 0 Å². The summed E-state index contributed by atoms with van der Waals surface area (Å²) >= 11 is 5.15. The average Bonchev–Trinajstić information content (AvgIpc) is 2.02. The van der Waals surface area contributed by atoms with Crippen molar-refractivity contribution in [3.8, 4) is 0 Å². The van der Waals surface area contributed by atoms with E-state index in [9.17, 15) is 8.42 Å². The SMILES string of the molecule is CC(C)NC(=S)N1CCS(=O)(=O)CC1. The summed E-state index contributed by atoms with van der Waals surface area (Å²) in [6, 6.07) is 0.293. The van der Waals surface area contributed by atoms with Gasteiger partial charge in [0.05, 0.1) is 11.5 Å². The molecule has 6 heteroatoms. The van der Waals surface area contributed by atoms with Gasteiger partial charge in [-0.3, -0.25) is 0 Å². The van der Waals surface area contributed by atoms with Gasteiger partial charge in [-0.15, -0.1) is 0 Å². The first kappa shape index (κ1) is 11.7. The van der Waals surface area contributed by atoms with Crippen molar-refractivity contribution < 1.29 is 8.42 Å². The Labute approximate surface area is 90.6 Å². The predicted octanol–water partition coefficient (Wildman–Crippen LogP) is -0.000300. The van der Waals surface area contributed by atoms with Crippen LogP contribution in [0.1, 0.15) is 13.8 Å². The van der Waals surface area contributed by atoms with Crippen LogP contribution in [0.2, 0.25) is 0 Å². The number of rotatable bonds is 1. The molecular formula is C8H16N2O2S2. The molecule has 0 aromatic carbocycles. The van der Waals surface area contributed by atoms with Crippen molar-refractivity contribution in [2.24, 2.45) is 0 Å². The zero-order valence-electron chi connectivity index (χ0n) is 8.49. The van der Waals surface area contributed by atoms with Gasteiger partial charge in [-0.1, -0.05) is 0 Å². The smallest absolute Gasteiger partial charge is 0.169 e. The van der Waals surface area contributed by atoms with Gasteiger partial charge in [0.15, 0.2) is 14.9 Å². The summed E-state index contributed by atoms with van der Waals surface area (Å²) < 4.78 is 22.3. The van der Waals surface area contributed by atoms with Gasteiger partial charge in [0.25, 0.3) is 0 Å². The van der Waals surface area contributed by atoms with Gasteiger partial charge in [-0.25, -0.2) is 8.42 Å². The van der Waals surface area contributed by atoms with Crippen LogP contribution in [-0.2, 0) is 9.84 Å². The van der Waals surface area contributed by atoms with Gasteiger partial charge in [0, 0.05) is 19.1 Å². The lowest BCUT2D eigenvalue weighted by atomic mass is 10.4. The summed E-state index contributed by atoms with van der Waals surface area (Å²) in [5.74, 6) is 0.430. The van der Waals surface area contributed by atoms with Crippen molar-refractivity contribution in [2.75, 3.05) is 24.6 Å². The Morgan fingerprint density at radius 1 is 1.36 bits per heavy atom. The number of thiocarbonyl (C=S) groups is 1. The minimum atomic E-state index is -2.81. The van der Waals surface area contributed by atoms with Crippen LogP contribution >= 0.6 is 12.2 Å². The average molecular weight is 236 g/mol. The van der Waals surface area contributed by atoms with Crippen molar-refractivity contribution in [1.82, 2.24) is 10.2 Å². The molecule has 0 amide bonds. The highest BCUT2D eigenvalue weighted by Gasteiger charge is 2.23. The zero-order valence-corrected chi connectivity index (χ0v) is 10.1. The van der Waals surface area contributed by atoms with Gasteiger partial charge in [0.1, 0.15) is 0 Å². The van der Waals surface area contributed by atoms with Gasteiger partial charge in [-0.2, -0.15) is 0 Å². The molecule has 0 aromatic heterocycles. The van der Waals surface area contributed by atoms with Crippen molar-refractivity contribution >= 4 is 27.2 Å². The fraction of sp³-hybridized carbons (Fsp3) is 0.875. The van der Waals surface area contributed by atoms with Crippen LogP contribution in [0.4, 0.5) is 0 Å². The minimum Gasteiger partial charge on any atom is -0.360 e. The molecule has 1 saturated heterocycles. The van der Waals surface area contributed by atoms with E-state index >= 15 is 0 Å². The number of hydrogen-bond donors (Lipinski definition) is 1. The molecule has 14 heavy (non-hydrogen) atoms. The minimum absolute atomic E-state index is 0.215. The van der Waals surface area contributed by atoms with Gasteiger partial charge >= 0.3 is 0 Å². The summed E-state index contributed by atoms with van der Waals surface area (Å²) in [7, 11) is -2.81. The van der Waals surface area contributed by atoms with Crippen LogP contribution in [0.3, 0.4) is 0 Å². The van der Waals surface area contributed by atoms with Crippen molar-refractivity contribution in [3.05, 3.63) is 0 Å². The summed E-state index contributed by atoms with van der Waals surface area (Å²) in [6.07, 6.45) is 0. The van der Waals surface area contributed by atoms with Crippen LogP contribution in [-0.4, -0.2) is 49.1 Å². The second kappa shape index (κ2) is 4.44. The first-order valence-corrected chi connectivity index (χ1v) is 6.89. The summed E-state index contributed by atoms with van der Waals surface area (Å²) in [5.41, 5.74) is 0. The number of nitrogens with zero attached hydrogens (tertiary/aromatic N) is 1. The molecule has 1 aliphatic rings. The lowest BCUT2D eigenvalue weighted by Crippen LogP contribution is -2.49. The normalized spacial score (nSPS) is 20.9. The van der Waals surface area contributed by atoms with E-state index in [1.807, 2.05) is 18.7 Å². The second-order valence-electron chi connectivity index (χ2n) is 3.74. The first-order chi connectivity index (χ1) is 6.41. The van der Waals surface area contributed by atoms with Crippen LogP contribution in [0, 0.1) is 0 Å². The van der Waals surface area contributed by atoms with E-state index in [0.717, 1.165) is 0 Å².